The average molecular weight is 165 g/mol. The molecule has 3 heteroatoms. The van der Waals surface area contributed by atoms with Gasteiger partial charge in [-0.1, -0.05) is 0 Å². The summed E-state index contributed by atoms with van der Waals surface area (Å²) >= 11 is 5.43. The number of alkyl halides is 1. The van der Waals surface area contributed by atoms with Crippen molar-refractivity contribution in [3.63, 3.8) is 0 Å². The van der Waals surface area contributed by atoms with E-state index in [9.17, 15) is 0 Å². The van der Waals surface area contributed by atoms with Crippen LogP contribution in [0.25, 0.3) is 0 Å². The molecule has 1 aliphatic heterocycles. The van der Waals surface area contributed by atoms with Gasteiger partial charge in [0.15, 0.2) is 0 Å². The maximum atomic E-state index is 5.43. The summed E-state index contributed by atoms with van der Waals surface area (Å²) in [6.45, 7) is 3.24. The molecular formula is C7H13ClO2. The zero-order chi connectivity index (χ0) is 7.23. The Morgan fingerprint density at radius 2 is 2.50 bits per heavy atom. The van der Waals surface area contributed by atoms with E-state index in [1.165, 1.54) is 0 Å². The minimum atomic E-state index is 0.591. The largest absolute Gasteiger partial charge is 0.381 e. The molecule has 1 unspecified atom stereocenters. The van der Waals surface area contributed by atoms with Gasteiger partial charge in [0.1, 0.15) is 0 Å². The summed E-state index contributed by atoms with van der Waals surface area (Å²) in [5.41, 5.74) is 0. The van der Waals surface area contributed by atoms with Gasteiger partial charge in [0.25, 0.3) is 0 Å². The Bertz CT molecular complexity index is 81.7. The second-order valence-corrected chi connectivity index (χ2v) is 2.87. The van der Waals surface area contributed by atoms with Gasteiger partial charge in [-0.15, -0.1) is 11.6 Å². The van der Waals surface area contributed by atoms with E-state index in [2.05, 4.69) is 0 Å². The lowest BCUT2D eigenvalue weighted by molar-refractivity contribution is 0.0999. The maximum Gasteiger partial charge on any atom is 0.0601 e. The predicted molar refractivity (Wildman–Crippen MR) is 40.5 cm³/mol. The highest BCUT2D eigenvalue weighted by molar-refractivity contribution is 6.17. The van der Waals surface area contributed by atoms with E-state index in [0.29, 0.717) is 18.4 Å². The first-order valence-electron chi connectivity index (χ1n) is 3.65. The number of ether oxygens (including phenoxy) is 2. The van der Waals surface area contributed by atoms with E-state index in [1.807, 2.05) is 0 Å². The number of rotatable bonds is 4. The van der Waals surface area contributed by atoms with Crippen LogP contribution in [0.5, 0.6) is 0 Å². The normalized spacial score (nSPS) is 25.5. The molecule has 0 saturated carbocycles. The van der Waals surface area contributed by atoms with Crippen LogP contribution in [0, 0.1) is 5.92 Å². The molecule has 0 aromatic rings. The van der Waals surface area contributed by atoms with Crippen molar-refractivity contribution in [2.75, 3.05) is 32.3 Å². The Labute approximate surface area is 66.5 Å². The van der Waals surface area contributed by atoms with Crippen molar-refractivity contribution in [1.82, 2.24) is 0 Å². The fourth-order valence-electron chi connectivity index (χ4n) is 1.02. The molecule has 0 bridgehead atoms. The molecule has 10 heavy (non-hydrogen) atoms. The standard InChI is InChI=1S/C7H13ClO2/c8-2-4-10-6-7-1-3-9-5-7/h7H,1-6H2. The maximum absolute atomic E-state index is 5.43. The van der Waals surface area contributed by atoms with Crippen LogP contribution < -0.4 is 0 Å². The third kappa shape index (κ3) is 2.86. The van der Waals surface area contributed by atoms with Crippen LogP contribution in [0.15, 0.2) is 0 Å². The second-order valence-electron chi connectivity index (χ2n) is 2.49. The van der Waals surface area contributed by atoms with E-state index in [-0.39, 0.29) is 0 Å². The smallest absolute Gasteiger partial charge is 0.0601 e. The third-order valence-corrected chi connectivity index (χ3v) is 1.75. The first-order valence-corrected chi connectivity index (χ1v) is 4.18. The van der Waals surface area contributed by atoms with Gasteiger partial charge in [-0.25, -0.2) is 0 Å². The highest BCUT2D eigenvalue weighted by Crippen LogP contribution is 2.11. The molecule has 0 aromatic heterocycles. The quantitative estimate of drug-likeness (QED) is 0.461. The van der Waals surface area contributed by atoms with Crippen LogP contribution in [0.2, 0.25) is 0 Å². The van der Waals surface area contributed by atoms with Crippen LogP contribution >= 0.6 is 11.6 Å². The molecule has 1 saturated heterocycles. The fourth-order valence-corrected chi connectivity index (χ4v) is 1.13. The van der Waals surface area contributed by atoms with Crippen molar-refractivity contribution in [2.24, 2.45) is 5.92 Å². The lowest BCUT2D eigenvalue weighted by Gasteiger charge is -2.06. The molecule has 60 valence electrons. The monoisotopic (exact) mass is 164 g/mol. The Kier molecular flexibility index (Phi) is 4.10. The Hall–Kier alpha value is 0.210. The van der Waals surface area contributed by atoms with Gasteiger partial charge in [0.2, 0.25) is 0 Å². The van der Waals surface area contributed by atoms with Crippen LogP contribution in [0.1, 0.15) is 6.42 Å². The Balaban J connectivity index is 1.91. The lowest BCUT2D eigenvalue weighted by Crippen LogP contribution is -2.10. The van der Waals surface area contributed by atoms with Gasteiger partial charge in [0, 0.05) is 18.4 Å². The van der Waals surface area contributed by atoms with Crippen molar-refractivity contribution >= 4 is 11.6 Å². The summed E-state index contributed by atoms with van der Waals surface area (Å²) in [6, 6.07) is 0. The van der Waals surface area contributed by atoms with Crippen LogP contribution in [0.4, 0.5) is 0 Å². The molecule has 0 aromatic carbocycles. The highest BCUT2D eigenvalue weighted by atomic mass is 35.5. The third-order valence-electron chi connectivity index (χ3n) is 1.60. The van der Waals surface area contributed by atoms with E-state index in [1.54, 1.807) is 0 Å². The molecule has 1 rings (SSSR count). The zero-order valence-electron chi connectivity index (χ0n) is 6.01. The second kappa shape index (κ2) is 4.94. The summed E-state index contributed by atoms with van der Waals surface area (Å²) in [5, 5.41) is 0. The predicted octanol–water partition coefficient (Wildman–Crippen LogP) is 1.28. The molecule has 0 amide bonds. The van der Waals surface area contributed by atoms with Crippen LogP contribution in [-0.2, 0) is 9.47 Å². The Morgan fingerprint density at radius 3 is 3.10 bits per heavy atom. The topological polar surface area (TPSA) is 18.5 Å². The van der Waals surface area contributed by atoms with E-state index < -0.39 is 0 Å². The van der Waals surface area contributed by atoms with Gasteiger partial charge in [-0.3, -0.25) is 0 Å². The van der Waals surface area contributed by atoms with Gasteiger partial charge in [-0.2, -0.15) is 0 Å². The average Bonchev–Trinajstić information content (AvgIpc) is 2.41. The molecule has 0 aliphatic carbocycles. The van der Waals surface area contributed by atoms with Crippen molar-refractivity contribution in [1.29, 1.82) is 0 Å². The first kappa shape index (κ1) is 8.31. The van der Waals surface area contributed by atoms with Crippen molar-refractivity contribution in [3.05, 3.63) is 0 Å². The molecule has 0 N–H and O–H groups in total. The molecule has 2 nitrogen and oxygen atoms in total. The molecule has 1 aliphatic rings. The summed E-state index contributed by atoms with van der Waals surface area (Å²) in [4.78, 5) is 0. The summed E-state index contributed by atoms with van der Waals surface area (Å²) < 4.78 is 10.4. The van der Waals surface area contributed by atoms with Gasteiger partial charge >= 0.3 is 0 Å². The van der Waals surface area contributed by atoms with E-state index in [4.69, 9.17) is 21.1 Å². The molecule has 0 radical (unpaired) electrons. The lowest BCUT2D eigenvalue weighted by atomic mass is 10.1. The van der Waals surface area contributed by atoms with Crippen molar-refractivity contribution in [2.45, 2.75) is 6.42 Å². The van der Waals surface area contributed by atoms with Gasteiger partial charge < -0.3 is 9.47 Å². The number of hydrogen-bond donors (Lipinski definition) is 0. The SMILES string of the molecule is ClCCOCC1CCOC1. The summed E-state index contributed by atoms with van der Waals surface area (Å²) in [6.07, 6.45) is 1.14. The summed E-state index contributed by atoms with van der Waals surface area (Å²) in [7, 11) is 0. The van der Waals surface area contributed by atoms with Crippen LogP contribution in [-0.4, -0.2) is 32.3 Å². The molecular weight excluding hydrogens is 152 g/mol. The molecule has 1 atom stereocenters. The number of halogens is 1. The molecule has 1 heterocycles. The minimum Gasteiger partial charge on any atom is -0.381 e. The fraction of sp³-hybridized carbons (Fsp3) is 1.00. The first-order chi connectivity index (χ1) is 4.93. The van der Waals surface area contributed by atoms with Crippen molar-refractivity contribution in [3.8, 4) is 0 Å². The van der Waals surface area contributed by atoms with Crippen molar-refractivity contribution < 1.29 is 9.47 Å². The van der Waals surface area contributed by atoms with Gasteiger partial charge in [-0.05, 0) is 6.42 Å². The Morgan fingerprint density at radius 1 is 1.60 bits per heavy atom. The van der Waals surface area contributed by atoms with E-state index in [0.717, 1.165) is 26.2 Å². The molecule has 1 fully saturated rings. The number of hydrogen-bond acceptors (Lipinski definition) is 2. The van der Waals surface area contributed by atoms with Gasteiger partial charge in [0.05, 0.1) is 19.8 Å². The van der Waals surface area contributed by atoms with Crippen LogP contribution in [0.3, 0.4) is 0 Å². The highest BCUT2D eigenvalue weighted by Gasteiger charge is 2.14. The minimum absolute atomic E-state index is 0.591. The molecule has 0 spiro atoms. The van der Waals surface area contributed by atoms with E-state index >= 15 is 0 Å². The zero-order valence-corrected chi connectivity index (χ0v) is 6.77. The summed E-state index contributed by atoms with van der Waals surface area (Å²) in [5.74, 6) is 1.20.